The van der Waals surface area contributed by atoms with E-state index in [1.165, 1.54) is 35.8 Å². The normalized spacial score (nSPS) is 12.8. The fourth-order valence-electron chi connectivity index (χ4n) is 3.92. The zero-order chi connectivity index (χ0) is 27.6. The van der Waals surface area contributed by atoms with Gasteiger partial charge < -0.3 is 15.3 Å². The summed E-state index contributed by atoms with van der Waals surface area (Å²) in [5.41, 5.74) is -0.216. The molecular formula is C25H35N5O6S. The van der Waals surface area contributed by atoms with Gasteiger partial charge in [-0.3, -0.25) is 9.36 Å². The second-order valence-electron chi connectivity index (χ2n) is 8.66. The number of aliphatic hydroxyl groups is 2. The first kappa shape index (κ1) is 30.1. The minimum Gasteiger partial charge on any atom is -0.493 e. The first-order valence-corrected chi connectivity index (χ1v) is 13.7. The molecule has 0 aliphatic carbocycles. The van der Waals surface area contributed by atoms with E-state index in [9.17, 15) is 23.6 Å². The average molecular weight is 534 g/mol. The van der Waals surface area contributed by atoms with Gasteiger partial charge in [-0.15, -0.1) is 5.11 Å². The molecule has 0 radical (unpaired) electrons. The second kappa shape index (κ2) is 14.0. The van der Waals surface area contributed by atoms with Crippen molar-refractivity contribution in [1.29, 1.82) is 5.26 Å². The molecule has 0 bridgehead atoms. The number of sulfonamides is 1. The molecule has 1 atom stereocenters. The van der Waals surface area contributed by atoms with Gasteiger partial charge in [0.05, 0.1) is 23.8 Å². The lowest BCUT2D eigenvalue weighted by atomic mass is 9.99. The fraction of sp³-hybridized carbons (Fsp3) is 0.520. The van der Waals surface area contributed by atoms with Crippen LogP contribution in [0.5, 0.6) is 5.88 Å². The van der Waals surface area contributed by atoms with Crippen molar-refractivity contribution in [2.24, 2.45) is 16.1 Å². The molecule has 1 aromatic heterocycles. The summed E-state index contributed by atoms with van der Waals surface area (Å²) in [4.78, 5) is 12.8. The summed E-state index contributed by atoms with van der Waals surface area (Å²) in [5.74, 6) is -0.226. The van der Waals surface area contributed by atoms with Gasteiger partial charge in [-0.25, -0.2) is 8.42 Å². The van der Waals surface area contributed by atoms with Gasteiger partial charge in [0.15, 0.2) is 5.69 Å². The number of pyridine rings is 1. The van der Waals surface area contributed by atoms with Gasteiger partial charge >= 0.3 is 0 Å². The molecule has 37 heavy (non-hydrogen) atoms. The molecule has 2 aromatic rings. The van der Waals surface area contributed by atoms with Crippen molar-refractivity contribution < 1.29 is 23.7 Å². The van der Waals surface area contributed by atoms with Gasteiger partial charge in [-0.1, -0.05) is 33.1 Å². The Hall–Kier alpha value is -3.11. The van der Waals surface area contributed by atoms with Gasteiger partial charge in [0.2, 0.25) is 15.9 Å². The van der Waals surface area contributed by atoms with Crippen molar-refractivity contribution in [1.82, 2.24) is 8.87 Å². The van der Waals surface area contributed by atoms with E-state index in [2.05, 4.69) is 17.2 Å². The molecule has 11 nitrogen and oxygen atoms in total. The van der Waals surface area contributed by atoms with Crippen LogP contribution >= 0.6 is 0 Å². The third-order valence-corrected chi connectivity index (χ3v) is 8.10. The van der Waals surface area contributed by atoms with E-state index < -0.39 is 28.8 Å². The van der Waals surface area contributed by atoms with Gasteiger partial charge in [0.1, 0.15) is 11.6 Å². The number of hydrogen-bond donors (Lipinski definition) is 3. The lowest BCUT2D eigenvalue weighted by Crippen LogP contribution is -2.35. The quantitative estimate of drug-likeness (QED) is 0.313. The molecule has 2 rings (SSSR count). The van der Waals surface area contributed by atoms with Crippen LogP contribution in [0.1, 0.15) is 50.7 Å². The molecule has 1 heterocycles. The number of azo groups is 1. The number of hydrogen-bond acceptors (Lipinski definition) is 9. The molecule has 1 unspecified atom stereocenters. The van der Waals surface area contributed by atoms with Gasteiger partial charge in [0, 0.05) is 25.2 Å². The molecule has 0 fully saturated rings. The van der Waals surface area contributed by atoms with Crippen LogP contribution in [-0.4, -0.2) is 58.9 Å². The third kappa shape index (κ3) is 7.23. The molecule has 0 spiro atoms. The Kier molecular flexibility index (Phi) is 11.4. The number of aliphatic hydroxyl groups excluding tert-OH is 2. The highest BCUT2D eigenvalue weighted by Gasteiger charge is 2.24. The summed E-state index contributed by atoms with van der Waals surface area (Å²) in [6.45, 7) is 4.77. The number of rotatable bonds is 14. The lowest BCUT2D eigenvalue weighted by molar-refractivity contribution is 0.217. The van der Waals surface area contributed by atoms with Crippen LogP contribution in [0.4, 0.5) is 11.4 Å². The van der Waals surface area contributed by atoms with Crippen molar-refractivity contribution in [2.75, 3.05) is 26.3 Å². The van der Waals surface area contributed by atoms with Gasteiger partial charge in [0.25, 0.3) is 5.56 Å². The zero-order valence-electron chi connectivity index (χ0n) is 21.5. The van der Waals surface area contributed by atoms with Crippen LogP contribution in [0.25, 0.3) is 0 Å². The Morgan fingerprint density at radius 3 is 2.24 bits per heavy atom. The molecule has 0 saturated heterocycles. The van der Waals surface area contributed by atoms with E-state index in [0.717, 1.165) is 30.0 Å². The van der Waals surface area contributed by atoms with Crippen molar-refractivity contribution >= 4 is 21.4 Å². The predicted molar refractivity (Wildman–Crippen MR) is 139 cm³/mol. The van der Waals surface area contributed by atoms with Crippen LogP contribution in [-0.2, 0) is 16.6 Å². The molecule has 202 valence electrons. The van der Waals surface area contributed by atoms with E-state index in [0.29, 0.717) is 0 Å². The highest BCUT2D eigenvalue weighted by Crippen LogP contribution is 2.33. The Morgan fingerprint density at radius 2 is 1.73 bits per heavy atom. The van der Waals surface area contributed by atoms with E-state index in [4.69, 9.17) is 10.2 Å². The van der Waals surface area contributed by atoms with Gasteiger partial charge in [-0.2, -0.15) is 14.7 Å². The summed E-state index contributed by atoms with van der Waals surface area (Å²) in [6, 6.07) is 7.37. The number of aromatic hydroxyl groups is 1. The first-order valence-electron chi connectivity index (χ1n) is 12.3. The molecule has 0 aliphatic rings. The topological polar surface area (TPSA) is 169 Å². The van der Waals surface area contributed by atoms with E-state index in [1.54, 1.807) is 0 Å². The monoisotopic (exact) mass is 533 g/mol. The molecule has 1 aromatic carbocycles. The summed E-state index contributed by atoms with van der Waals surface area (Å²) in [5, 5.41) is 46.9. The Morgan fingerprint density at radius 1 is 1.11 bits per heavy atom. The maximum absolute atomic E-state index is 12.9. The summed E-state index contributed by atoms with van der Waals surface area (Å²) in [7, 11) is -3.94. The van der Waals surface area contributed by atoms with E-state index in [-0.39, 0.29) is 58.8 Å². The van der Waals surface area contributed by atoms with Crippen molar-refractivity contribution in [3.63, 3.8) is 0 Å². The zero-order valence-corrected chi connectivity index (χ0v) is 22.3. The third-order valence-electron chi connectivity index (χ3n) is 6.19. The molecule has 3 N–H and O–H groups in total. The van der Waals surface area contributed by atoms with Crippen LogP contribution < -0.4 is 5.56 Å². The number of nitrogens with zero attached hydrogens (tertiary/aromatic N) is 5. The molecule has 12 heteroatoms. The predicted octanol–water partition coefficient (Wildman–Crippen LogP) is 3.34. The van der Waals surface area contributed by atoms with Crippen LogP contribution in [0.2, 0.25) is 0 Å². The standard InChI is InChI=1S/C25H35N5O6S/c1-4-6-7-19(5-2)17-30-24(33)22(16-26)18(3)23(25(30)34)28-27-20-8-10-21(11-9-20)37(35,36)29(12-14-31)13-15-32/h8-11,19,31-32,34H,4-7,12-15,17H2,1-3H3. The summed E-state index contributed by atoms with van der Waals surface area (Å²) in [6.07, 6.45) is 3.69. The average Bonchev–Trinajstić information content (AvgIpc) is 2.88. The van der Waals surface area contributed by atoms with Crippen LogP contribution in [0, 0.1) is 24.2 Å². The number of aromatic nitrogens is 1. The number of nitriles is 1. The second-order valence-corrected chi connectivity index (χ2v) is 10.6. The molecule has 0 aliphatic heterocycles. The van der Waals surface area contributed by atoms with Gasteiger partial charge in [-0.05, 0) is 43.5 Å². The van der Waals surface area contributed by atoms with Crippen LogP contribution in [0.3, 0.4) is 0 Å². The lowest BCUT2D eigenvalue weighted by Gasteiger charge is -2.20. The molecular weight excluding hydrogens is 498 g/mol. The number of unbranched alkanes of at least 4 members (excludes halogenated alkanes) is 1. The smallest absolute Gasteiger partial charge is 0.271 e. The molecule has 0 saturated carbocycles. The summed E-state index contributed by atoms with van der Waals surface area (Å²) >= 11 is 0. The van der Waals surface area contributed by atoms with E-state index in [1.807, 2.05) is 13.0 Å². The Labute approximate surface area is 217 Å². The largest absolute Gasteiger partial charge is 0.493 e. The minimum atomic E-state index is -3.94. The highest BCUT2D eigenvalue weighted by molar-refractivity contribution is 7.89. The summed E-state index contributed by atoms with van der Waals surface area (Å²) < 4.78 is 27.7. The Bertz CT molecular complexity index is 1280. The van der Waals surface area contributed by atoms with Crippen molar-refractivity contribution in [3.05, 3.63) is 45.7 Å². The van der Waals surface area contributed by atoms with Crippen molar-refractivity contribution in [3.8, 4) is 11.9 Å². The maximum Gasteiger partial charge on any atom is 0.271 e. The fourth-order valence-corrected chi connectivity index (χ4v) is 5.34. The Balaban J connectivity index is 2.43. The first-order chi connectivity index (χ1) is 17.7. The SMILES string of the molecule is CCCCC(CC)Cn1c(O)c(N=Nc2ccc(S(=O)(=O)N(CCO)CCO)cc2)c(C)c(C#N)c1=O. The molecule has 0 amide bonds. The minimum absolute atomic E-state index is 0.00439. The number of benzene rings is 1. The van der Waals surface area contributed by atoms with Crippen molar-refractivity contribution in [2.45, 2.75) is 57.9 Å². The maximum atomic E-state index is 12.9. The highest BCUT2D eigenvalue weighted by atomic mass is 32.2. The van der Waals surface area contributed by atoms with Crippen LogP contribution in [0.15, 0.2) is 44.2 Å². The van der Waals surface area contributed by atoms with E-state index >= 15 is 0 Å².